The number of aliphatic carboxylic acids is 1. The van der Waals surface area contributed by atoms with E-state index in [1.807, 2.05) is 12.1 Å². The summed E-state index contributed by atoms with van der Waals surface area (Å²) in [6.07, 6.45) is 0.403. The number of carbonyl (C=O) groups is 4. The summed E-state index contributed by atoms with van der Waals surface area (Å²) < 4.78 is 27.3. The van der Waals surface area contributed by atoms with Crippen molar-refractivity contribution in [2.75, 3.05) is 7.11 Å². The minimum absolute atomic E-state index is 0.0296. The summed E-state index contributed by atoms with van der Waals surface area (Å²) in [5.74, 6) is -2.99. The summed E-state index contributed by atoms with van der Waals surface area (Å²) in [6, 6.07) is 3.86. The van der Waals surface area contributed by atoms with Gasteiger partial charge in [0.1, 0.15) is 5.76 Å². The monoisotopic (exact) mass is 530 g/mol. The number of hydrogen-bond acceptors (Lipinski definition) is 10. The maximum atomic E-state index is 13.0. The van der Waals surface area contributed by atoms with Gasteiger partial charge in [0.05, 0.1) is 24.5 Å². The van der Waals surface area contributed by atoms with E-state index < -0.39 is 59.6 Å². The van der Waals surface area contributed by atoms with Crippen LogP contribution in [0.1, 0.15) is 57.1 Å². The molecular formula is C27H30O11. The van der Waals surface area contributed by atoms with Crippen LogP contribution in [0.3, 0.4) is 0 Å². The minimum atomic E-state index is -1.74. The number of methoxy groups -OCH3 is 1. The maximum absolute atomic E-state index is 13.0. The highest BCUT2D eigenvalue weighted by atomic mass is 16.6. The van der Waals surface area contributed by atoms with Crippen molar-refractivity contribution in [2.45, 2.75) is 81.7 Å². The first-order chi connectivity index (χ1) is 18.0. The summed E-state index contributed by atoms with van der Waals surface area (Å²) in [7, 11) is 1.54. The van der Waals surface area contributed by atoms with Crippen LogP contribution in [0.25, 0.3) is 0 Å². The third-order valence-electron chi connectivity index (χ3n) is 8.26. The van der Waals surface area contributed by atoms with Crippen molar-refractivity contribution in [3.05, 3.63) is 35.1 Å². The van der Waals surface area contributed by atoms with Gasteiger partial charge in [-0.25, -0.2) is 9.59 Å². The first-order valence-corrected chi connectivity index (χ1v) is 12.6. The third-order valence-corrected chi connectivity index (χ3v) is 8.26. The van der Waals surface area contributed by atoms with E-state index in [0.717, 1.165) is 37.3 Å². The molecule has 38 heavy (non-hydrogen) atoms. The number of hydrogen-bond donors (Lipinski definition) is 2. The van der Waals surface area contributed by atoms with Gasteiger partial charge < -0.3 is 33.9 Å². The van der Waals surface area contributed by atoms with Gasteiger partial charge in [-0.2, -0.15) is 0 Å². The molecule has 0 saturated heterocycles. The highest BCUT2D eigenvalue weighted by Gasteiger charge is 2.71. The standard InChI is InChI=1S/C27H30O11/c1-13(35-20(29)12-19(24(30)31)36-14(2)28)25(32)37-18-8-10-27(33)16-5-4-9-26(27)21-15(11-16)6-7-17(34-3)22(21)38-23(18)26/h6-8,13,16,19,23,33H,4-5,9-12H2,1-3H3,(H,30,31)/t13-,16+,19-,23-,26-,27+/m0/s1. The predicted octanol–water partition coefficient (Wildman–Crippen LogP) is 1.95. The molecule has 3 aliphatic carbocycles. The van der Waals surface area contributed by atoms with Crippen LogP contribution in [0, 0.1) is 5.92 Å². The van der Waals surface area contributed by atoms with Gasteiger partial charge in [0.25, 0.3) is 0 Å². The topological polar surface area (TPSA) is 155 Å². The molecule has 1 heterocycles. The van der Waals surface area contributed by atoms with Gasteiger partial charge in [0.15, 0.2) is 23.7 Å². The average molecular weight is 531 g/mol. The smallest absolute Gasteiger partial charge is 0.352 e. The van der Waals surface area contributed by atoms with E-state index in [0.29, 0.717) is 17.9 Å². The highest BCUT2D eigenvalue weighted by molar-refractivity contribution is 5.85. The van der Waals surface area contributed by atoms with Gasteiger partial charge in [-0.3, -0.25) is 9.59 Å². The molecule has 2 bridgehead atoms. The molecule has 204 valence electrons. The molecule has 1 aliphatic heterocycles. The van der Waals surface area contributed by atoms with Crippen molar-refractivity contribution in [3.63, 3.8) is 0 Å². The average Bonchev–Trinajstić information content (AvgIpc) is 3.19. The van der Waals surface area contributed by atoms with Crippen molar-refractivity contribution in [3.8, 4) is 11.5 Å². The van der Waals surface area contributed by atoms with Crippen molar-refractivity contribution in [1.29, 1.82) is 0 Å². The number of aliphatic hydroxyl groups is 1. The maximum Gasteiger partial charge on any atom is 0.352 e. The van der Waals surface area contributed by atoms with E-state index >= 15 is 0 Å². The molecule has 0 amide bonds. The predicted molar refractivity (Wildman–Crippen MR) is 127 cm³/mol. The van der Waals surface area contributed by atoms with Gasteiger partial charge in [0, 0.05) is 12.5 Å². The summed E-state index contributed by atoms with van der Waals surface area (Å²) >= 11 is 0. The Hall–Kier alpha value is -3.60. The number of carboxylic acids is 1. The zero-order chi connectivity index (χ0) is 27.4. The lowest BCUT2D eigenvalue weighted by Gasteiger charge is -2.59. The molecule has 1 spiro atoms. The molecule has 0 radical (unpaired) electrons. The lowest BCUT2D eigenvalue weighted by molar-refractivity contribution is -0.175. The molecule has 1 saturated carbocycles. The number of carbonyl (C=O) groups excluding carboxylic acids is 3. The Morgan fingerprint density at radius 2 is 1.97 bits per heavy atom. The number of ether oxygens (including phenoxy) is 5. The molecule has 11 nitrogen and oxygen atoms in total. The van der Waals surface area contributed by atoms with Gasteiger partial charge in [-0.05, 0) is 56.2 Å². The first-order valence-electron chi connectivity index (χ1n) is 12.6. The van der Waals surface area contributed by atoms with Gasteiger partial charge in [-0.1, -0.05) is 12.5 Å². The Kier molecular flexibility index (Phi) is 6.37. The van der Waals surface area contributed by atoms with E-state index in [1.165, 1.54) is 6.92 Å². The molecule has 5 rings (SSSR count). The number of benzene rings is 1. The summed E-state index contributed by atoms with van der Waals surface area (Å²) in [6.45, 7) is 2.31. The molecule has 0 aromatic heterocycles. The zero-order valence-corrected chi connectivity index (χ0v) is 21.4. The van der Waals surface area contributed by atoms with Crippen LogP contribution in [0.15, 0.2) is 24.0 Å². The van der Waals surface area contributed by atoms with E-state index in [9.17, 15) is 24.3 Å². The molecule has 4 aliphatic rings. The lowest BCUT2D eigenvalue weighted by atomic mass is 9.47. The van der Waals surface area contributed by atoms with E-state index in [4.69, 9.17) is 24.1 Å². The second-order valence-corrected chi connectivity index (χ2v) is 10.3. The van der Waals surface area contributed by atoms with Crippen molar-refractivity contribution >= 4 is 23.9 Å². The zero-order valence-electron chi connectivity index (χ0n) is 21.4. The highest BCUT2D eigenvalue weighted by Crippen LogP contribution is 2.67. The third kappa shape index (κ3) is 3.82. The van der Waals surface area contributed by atoms with Gasteiger partial charge >= 0.3 is 23.9 Å². The molecule has 0 unspecified atom stereocenters. The SMILES string of the molecule is COc1ccc2c3c1O[C@H]1C(OC(=O)[C@H](C)OC(=O)C[C@H](OC(C)=O)C(=O)O)=CC[C@@]4(O)[C@H](CCC[C@]314)C2. The van der Waals surface area contributed by atoms with Crippen molar-refractivity contribution < 1.29 is 53.1 Å². The Morgan fingerprint density at radius 3 is 2.66 bits per heavy atom. The molecule has 2 N–H and O–H groups in total. The molecule has 6 atom stereocenters. The molecule has 1 aromatic carbocycles. The lowest BCUT2D eigenvalue weighted by Crippen LogP contribution is -2.67. The van der Waals surface area contributed by atoms with E-state index in [2.05, 4.69) is 4.74 Å². The van der Waals surface area contributed by atoms with Crippen molar-refractivity contribution in [2.24, 2.45) is 5.92 Å². The van der Waals surface area contributed by atoms with Crippen LogP contribution >= 0.6 is 0 Å². The molecule has 1 aromatic rings. The second kappa shape index (κ2) is 9.30. The fourth-order valence-corrected chi connectivity index (χ4v) is 6.71. The fraction of sp³-hybridized carbons (Fsp3) is 0.556. The second-order valence-electron chi connectivity index (χ2n) is 10.3. The quantitative estimate of drug-likeness (QED) is 0.374. The number of esters is 3. The van der Waals surface area contributed by atoms with Crippen LogP contribution < -0.4 is 9.47 Å². The van der Waals surface area contributed by atoms with Crippen LogP contribution in [-0.2, 0) is 45.2 Å². The fourth-order valence-electron chi connectivity index (χ4n) is 6.71. The van der Waals surface area contributed by atoms with Crippen LogP contribution in [0.4, 0.5) is 0 Å². The Labute approximate surface area is 218 Å². The number of rotatable bonds is 8. The molecule has 11 heteroatoms. The number of carboxylic acid groups (broad SMARTS) is 1. The van der Waals surface area contributed by atoms with Gasteiger partial charge in [0.2, 0.25) is 6.10 Å². The Morgan fingerprint density at radius 1 is 1.21 bits per heavy atom. The Balaban J connectivity index is 1.36. The first kappa shape index (κ1) is 26.0. The van der Waals surface area contributed by atoms with E-state index in [-0.39, 0.29) is 18.1 Å². The molecular weight excluding hydrogens is 500 g/mol. The minimum Gasteiger partial charge on any atom is -0.493 e. The normalized spacial score (nSPS) is 29.5. The summed E-state index contributed by atoms with van der Waals surface area (Å²) in [4.78, 5) is 47.5. The van der Waals surface area contributed by atoms with Crippen LogP contribution in [0.5, 0.6) is 11.5 Å². The summed E-state index contributed by atoms with van der Waals surface area (Å²) in [5, 5.41) is 21.2. The van der Waals surface area contributed by atoms with E-state index in [1.54, 1.807) is 13.2 Å². The largest absolute Gasteiger partial charge is 0.493 e. The van der Waals surface area contributed by atoms with Crippen LogP contribution in [-0.4, -0.2) is 65.1 Å². The van der Waals surface area contributed by atoms with Crippen LogP contribution in [0.2, 0.25) is 0 Å². The summed E-state index contributed by atoms with van der Waals surface area (Å²) in [5.41, 5.74) is 0.118. The Bertz CT molecular complexity index is 1240. The van der Waals surface area contributed by atoms with Crippen molar-refractivity contribution in [1.82, 2.24) is 0 Å². The van der Waals surface area contributed by atoms with Gasteiger partial charge in [-0.15, -0.1) is 0 Å². The molecule has 1 fully saturated rings.